The summed E-state index contributed by atoms with van der Waals surface area (Å²) >= 11 is 6.37. The Morgan fingerprint density at radius 2 is 1.54 bits per heavy atom. The second-order valence-corrected chi connectivity index (χ2v) is 10.0. The molecule has 2 unspecified atom stereocenters. The molecule has 0 aromatic heterocycles. The van der Waals surface area contributed by atoms with E-state index >= 15 is 0 Å². The van der Waals surface area contributed by atoms with E-state index in [-0.39, 0.29) is 6.54 Å². The first-order chi connectivity index (χ1) is 16.3. The lowest BCUT2D eigenvalue weighted by molar-refractivity contribution is -0.140. The molecule has 2 rings (SSSR count). The molecule has 0 aliphatic heterocycles. The number of hydrogen-bond acceptors (Lipinski definition) is 4. The van der Waals surface area contributed by atoms with Crippen molar-refractivity contribution in [2.75, 3.05) is 11.9 Å². The molecule has 2 N–H and O–H groups in total. The van der Waals surface area contributed by atoms with Crippen molar-refractivity contribution in [1.82, 2.24) is 10.2 Å². The second-order valence-electron chi connectivity index (χ2n) is 9.62. The molecule has 2 aromatic carbocycles. The van der Waals surface area contributed by atoms with Crippen molar-refractivity contribution in [2.24, 2.45) is 0 Å². The van der Waals surface area contributed by atoms with Gasteiger partial charge in [0.05, 0.1) is 10.7 Å². The Labute approximate surface area is 213 Å². The molecule has 8 heteroatoms. The smallest absolute Gasteiger partial charge is 0.408 e. The maximum Gasteiger partial charge on any atom is 0.408 e. The monoisotopic (exact) mass is 501 g/mol. The molecule has 0 heterocycles. The van der Waals surface area contributed by atoms with E-state index in [2.05, 4.69) is 10.6 Å². The zero-order chi connectivity index (χ0) is 26.5. The van der Waals surface area contributed by atoms with Crippen molar-refractivity contribution in [3.05, 3.63) is 63.7 Å². The predicted octanol–water partition coefficient (Wildman–Crippen LogP) is 5.71. The average Bonchev–Trinajstić information content (AvgIpc) is 2.73. The number of para-hydroxylation sites is 1. The van der Waals surface area contributed by atoms with Crippen LogP contribution in [0.25, 0.3) is 0 Å². The van der Waals surface area contributed by atoms with Crippen LogP contribution in [0.1, 0.15) is 62.9 Å². The number of anilines is 1. The first-order valence-corrected chi connectivity index (χ1v) is 12.1. The van der Waals surface area contributed by atoms with Crippen molar-refractivity contribution in [3.8, 4) is 0 Å². The van der Waals surface area contributed by atoms with E-state index in [1.54, 1.807) is 40.7 Å². The summed E-state index contributed by atoms with van der Waals surface area (Å²) in [5.74, 6) is -0.796. The molecular weight excluding hydrogens is 466 g/mol. The second kappa shape index (κ2) is 11.6. The van der Waals surface area contributed by atoms with Crippen LogP contribution in [-0.2, 0) is 14.3 Å². The number of amides is 3. The van der Waals surface area contributed by atoms with E-state index < -0.39 is 35.6 Å². The number of rotatable bonds is 7. The molecule has 0 aliphatic rings. The van der Waals surface area contributed by atoms with Gasteiger partial charge in [0.15, 0.2) is 0 Å². The summed E-state index contributed by atoms with van der Waals surface area (Å²) in [4.78, 5) is 41.1. The normalized spacial score (nSPS) is 12.9. The third kappa shape index (κ3) is 7.21. The number of nitrogens with zero attached hydrogens (tertiary/aromatic N) is 1. The van der Waals surface area contributed by atoms with Crippen LogP contribution < -0.4 is 10.6 Å². The van der Waals surface area contributed by atoms with Gasteiger partial charge < -0.3 is 20.3 Å². The summed E-state index contributed by atoms with van der Waals surface area (Å²) in [5, 5.41) is 5.93. The van der Waals surface area contributed by atoms with Crippen LogP contribution in [0.4, 0.5) is 10.5 Å². The van der Waals surface area contributed by atoms with E-state index in [0.29, 0.717) is 10.7 Å². The standard InChI is InChI=1S/C27H36ClN3O4/c1-9-31(25(33)19(5)29-26(34)35-27(6,7)8)23(21-16(2)12-10-13-17(21)3)24(32)30-22-18(4)14-11-15-20(22)28/h10-15,19,23H,9H2,1-8H3,(H,29,34)(H,30,32). The minimum Gasteiger partial charge on any atom is -0.444 e. The molecule has 0 radical (unpaired) electrons. The largest absolute Gasteiger partial charge is 0.444 e. The zero-order valence-electron chi connectivity index (χ0n) is 21.8. The van der Waals surface area contributed by atoms with Gasteiger partial charge in [-0.05, 0) is 83.7 Å². The van der Waals surface area contributed by atoms with Gasteiger partial charge in [0.25, 0.3) is 5.91 Å². The molecule has 0 saturated heterocycles. The van der Waals surface area contributed by atoms with Gasteiger partial charge in [-0.15, -0.1) is 0 Å². The van der Waals surface area contributed by atoms with Gasteiger partial charge in [0.1, 0.15) is 17.7 Å². The fourth-order valence-electron chi connectivity index (χ4n) is 3.93. The number of carbonyl (C=O) groups is 3. The zero-order valence-corrected chi connectivity index (χ0v) is 22.5. The summed E-state index contributed by atoms with van der Waals surface area (Å²) in [5.41, 5.74) is 3.08. The number of carbonyl (C=O) groups excluding carboxylic acids is 3. The summed E-state index contributed by atoms with van der Waals surface area (Å²) in [6.07, 6.45) is -0.700. The summed E-state index contributed by atoms with van der Waals surface area (Å²) in [6.45, 7) is 14.5. The Morgan fingerprint density at radius 1 is 1.00 bits per heavy atom. The molecule has 2 aromatic rings. The van der Waals surface area contributed by atoms with Crippen LogP contribution in [0.2, 0.25) is 5.02 Å². The summed E-state index contributed by atoms with van der Waals surface area (Å²) in [7, 11) is 0. The Morgan fingerprint density at radius 3 is 2.06 bits per heavy atom. The Hall–Kier alpha value is -3.06. The highest BCUT2D eigenvalue weighted by atomic mass is 35.5. The molecule has 35 heavy (non-hydrogen) atoms. The van der Waals surface area contributed by atoms with Crippen LogP contribution in [0, 0.1) is 20.8 Å². The Bertz CT molecular complexity index is 1050. The summed E-state index contributed by atoms with van der Waals surface area (Å²) in [6, 6.07) is 9.24. The number of aryl methyl sites for hydroxylation is 3. The highest BCUT2D eigenvalue weighted by Gasteiger charge is 2.35. The lowest BCUT2D eigenvalue weighted by Gasteiger charge is -2.34. The SMILES string of the molecule is CCN(C(=O)C(C)NC(=O)OC(C)(C)C)C(C(=O)Nc1c(C)cccc1Cl)c1c(C)cccc1C. The van der Waals surface area contributed by atoms with Gasteiger partial charge in [-0.1, -0.05) is 41.9 Å². The molecule has 2 atom stereocenters. The van der Waals surface area contributed by atoms with Crippen LogP contribution in [0.15, 0.2) is 36.4 Å². The number of halogens is 1. The van der Waals surface area contributed by atoms with Crippen LogP contribution >= 0.6 is 11.6 Å². The average molecular weight is 502 g/mol. The van der Waals surface area contributed by atoms with E-state index in [0.717, 1.165) is 22.3 Å². The van der Waals surface area contributed by atoms with Gasteiger partial charge in [-0.2, -0.15) is 0 Å². The molecule has 7 nitrogen and oxygen atoms in total. The Kier molecular flexibility index (Phi) is 9.32. The van der Waals surface area contributed by atoms with E-state index in [1.165, 1.54) is 4.90 Å². The van der Waals surface area contributed by atoms with Gasteiger partial charge in [-0.25, -0.2) is 4.79 Å². The quantitative estimate of drug-likeness (QED) is 0.509. The topological polar surface area (TPSA) is 87.7 Å². The number of benzene rings is 2. The van der Waals surface area contributed by atoms with Crippen LogP contribution in [0.5, 0.6) is 0 Å². The highest BCUT2D eigenvalue weighted by molar-refractivity contribution is 6.34. The van der Waals surface area contributed by atoms with E-state index in [1.807, 2.05) is 51.1 Å². The maximum absolute atomic E-state index is 13.8. The lowest BCUT2D eigenvalue weighted by Crippen LogP contribution is -2.51. The first kappa shape index (κ1) is 28.2. The van der Waals surface area contributed by atoms with E-state index in [9.17, 15) is 14.4 Å². The van der Waals surface area contributed by atoms with Crippen LogP contribution in [-0.4, -0.2) is 41.0 Å². The number of ether oxygens (including phenoxy) is 1. The maximum atomic E-state index is 13.8. The first-order valence-electron chi connectivity index (χ1n) is 11.7. The third-order valence-electron chi connectivity index (χ3n) is 5.57. The number of nitrogens with one attached hydrogen (secondary N) is 2. The molecule has 3 amide bonds. The number of likely N-dealkylation sites (N-methyl/N-ethyl adjacent to an activating group) is 1. The highest BCUT2D eigenvalue weighted by Crippen LogP contribution is 2.32. The van der Waals surface area contributed by atoms with E-state index in [4.69, 9.17) is 16.3 Å². The molecule has 0 bridgehead atoms. The minimum absolute atomic E-state index is 0.243. The van der Waals surface area contributed by atoms with Gasteiger partial charge in [-0.3, -0.25) is 9.59 Å². The molecular formula is C27H36ClN3O4. The number of alkyl carbamates (subject to hydrolysis) is 1. The summed E-state index contributed by atoms with van der Waals surface area (Å²) < 4.78 is 5.29. The molecule has 0 fully saturated rings. The molecule has 0 aliphatic carbocycles. The molecule has 190 valence electrons. The number of hydrogen-bond donors (Lipinski definition) is 2. The molecule has 0 saturated carbocycles. The lowest BCUT2D eigenvalue weighted by atomic mass is 9.93. The fourth-order valence-corrected chi connectivity index (χ4v) is 4.20. The fraction of sp³-hybridized carbons (Fsp3) is 0.444. The van der Waals surface area contributed by atoms with Crippen molar-refractivity contribution in [1.29, 1.82) is 0 Å². The van der Waals surface area contributed by atoms with Gasteiger partial charge >= 0.3 is 6.09 Å². The van der Waals surface area contributed by atoms with Gasteiger partial charge in [0, 0.05) is 6.54 Å². The third-order valence-corrected chi connectivity index (χ3v) is 5.89. The predicted molar refractivity (Wildman–Crippen MR) is 140 cm³/mol. The van der Waals surface area contributed by atoms with Crippen molar-refractivity contribution in [2.45, 2.75) is 73.1 Å². The molecule has 0 spiro atoms. The van der Waals surface area contributed by atoms with Crippen molar-refractivity contribution in [3.63, 3.8) is 0 Å². The van der Waals surface area contributed by atoms with Gasteiger partial charge in [0.2, 0.25) is 5.91 Å². The van der Waals surface area contributed by atoms with Crippen LogP contribution in [0.3, 0.4) is 0 Å². The minimum atomic E-state index is -0.938. The van der Waals surface area contributed by atoms with Crippen molar-refractivity contribution >= 4 is 35.2 Å². The Balaban J connectivity index is 2.47. The van der Waals surface area contributed by atoms with Crippen molar-refractivity contribution < 1.29 is 19.1 Å².